The lowest BCUT2D eigenvalue weighted by atomic mass is 10.1. The molecule has 0 atom stereocenters. The summed E-state index contributed by atoms with van der Waals surface area (Å²) >= 11 is 0. The smallest absolute Gasteiger partial charge is 0.222 e. The van der Waals surface area contributed by atoms with Crippen LogP contribution in [0, 0.1) is 0 Å². The van der Waals surface area contributed by atoms with E-state index >= 15 is 0 Å². The third kappa shape index (κ3) is 6.08. The van der Waals surface area contributed by atoms with E-state index in [4.69, 9.17) is 4.74 Å². The molecule has 0 radical (unpaired) electrons. The molecule has 0 saturated carbocycles. The normalized spacial score (nSPS) is 17.3. The highest BCUT2D eigenvalue weighted by atomic mass is 16.5. The first-order chi connectivity index (χ1) is 7.83. The Balaban J connectivity index is 1.94. The van der Waals surface area contributed by atoms with Crippen LogP contribution in [0.1, 0.15) is 39.0 Å². The van der Waals surface area contributed by atoms with Crippen molar-refractivity contribution in [2.24, 2.45) is 0 Å². The first kappa shape index (κ1) is 13.5. The summed E-state index contributed by atoms with van der Waals surface area (Å²) in [7, 11) is 0. The molecule has 0 unspecified atom stereocenters. The SMILES string of the molecule is CCCCNC(=O)CCOC1CCNCC1. The lowest BCUT2D eigenvalue weighted by Crippen LogP contribution is -2.33. The third-order valence-electron chi connectivity index (χ3n) is 2.82. The summed E-state index contributed by atoms with van der Waals surface area (Å²) in [5.41, 5.74) is 0. The Hall–Kier alpha value is -0.610. The number of rotatable bonds is 7. The van der Waals surface area contributed by atoms with E-state index in [1.807, 2.05) is 0 Å². The predicted octanol–water partition coefficient (Wildman–Crippen LogP) is 1.06. The van der Waals surface area contributed by atoms with Crippen LogP contribution in [0.2, 0.25) is 0 Å². The summed E-state index contributed by atoms with van der Waals surface area (Å²) in [6, 6.07) is 0. The molecule has 1 aliphatic rings. The molecule has 16 heavy (non-hydrogen) atoms. The van der Waals surface area contributed by atoms with Gasteiger partial charge in [-0.15, -0.1) is 0 Å². The van der Waals surface area contributed by atoms with Gasteiger partial charge in [0.15, 0.2) is 0 Å². The van der Waals surface area contributed by atoms with Crippen LogP contribution in [-0.2, 0) is 9.53 Å². The number of ether oxygens (including phenoxy) is 1. The maximum absolute atomic E-state index is 11.4. The second kappa shape index (κ2) is 8.53. The second-order valence-electron chi connectivity index (χ2n) is 4.27. The Labute approximate surface area is 98.1 Å². The van der Waals surface area contributed by atoms with Crippen LogP contribution >= 0.6 is 0 Å². The molecule has 0 spiro atoms. The number of unbranched alkanes of at least 4 members (excludes halogenated alkanes) is 1. The zero-order chi connectivity index (χ0) is 11.6. The van der Waals surface area contributed by atoms with Gasteiger partial charge in [0.05, 0.1) is 12.7 Å². The number of carbonyl (C=O) groups excluding carboxylic acids is 1. The average molecular weight is 228 g/mol. The Morgan fingerprint density at radius 1 is 1.44 bits per heavy atom. The quantitative estimate of drug-likeness (QED) is 0.641. The molecule has 0 aliphatic carbocycles. The van der Waals surface area contributed by atoms with E-state index in [9.17, 15) is 4.79 Å². The van der Waals surface area contributed by atoms with Gasteiger partial charge in [0.25, 0.3) is 0 Å². The minimum atomic E-state index is 0.113. The predicted molar refractivity (Wildman–Crippen MR) is 64.4 cm³/mol. The molecule has 4 heteroatoms. The molecule has 1 heterocycles. The van der Waals surface area contributed by atoms with E-state index in [0.29, 0.717) is 19.1 Å². The average Bonchev–Trinajstić information content (AvgIpc) is 2.31. The fraction of sp³-hybridized carbons (Fsp3) is 0.917. The van der Waals surface area contributed by atoms with Crippen molar-refractivity contribution in [1.82, 2.24) is 10.6 Å². The molecular formula is C12H24N2O2. The van der Waals surface area contributed by atoms with E-state index in [0.717, 1.165) is 45.3 Å². The van der Waals surface area contributed by atoms with Gasteiger partial charge in [-0.05, 0) is 32.4 Å². The zero-order valence-corrected chi connectivity index (χ0v) is 10.3. The molecule has 0 bridgehead atoms. The fourth-order valence-corrected chi connectivity index (χ4v) is 1.77. The van der Waals surface area contributed by atoms with Gasteiger partial charge in [0.2, 0.25) is 5.91 Å². The molecule has 0 aromatic rings. The summed E-state index contributed by atoms with van der Waals surface area (Å²) in [5.74, 6) is 0.113. The molecule has 1 rings (SSSR count). The standard InChI is InChI=1S/C12H24N2O2/c1-2-3-7-14-12(15)6-10-16-11-4-8-13-9-5-11/h11,13H,2-10H2,1H3,(H,14,15). The largest absolute Gasteiger partial charge is 0.378 e. The van der Waals surface area contributed by atoms with Gasteiger partial charge in [0, 0.05) is 13.0 Å². The lowest BCUT2D eigenvalue weighted by molar-refractivity contribution is -0.122. The molecule has 2 N–H and O–H groups in total. The maximum Gasteiger partial charge on any atom is 0.222 e. The van der Waals surface area contributed by atoms with Gasteiger partial charge in [-0.3, -0.25) is 4.79 Å². The highest BCUT2D eigenvalue weighted by Crippen LogP contribution is 2.07. The minimum Gasteiger partial charge on any atom is -0.378 e. The van der Waals surface area contributed by atoms with Gasteiger partial charge in [-0.25, -0.2) is 0 Å². The Bertz CT molecular complexity index is 191. The molecule has 1 amide bonds. The van der Waals surface area contributed by atoms with E-state index < -0.39 is 0 Å². The zero-order valence-electron chi connectivity index (χ0n) is 10.3. The van der Waals surface area contributed by atoms with Crippen LogP contribution in [0.15, 0.2) is 0 Å². The molecular weight excluding hydrogens is 204 g/mol. The number of piperidine rings is 1. The van der Waals surface area contributed by atoms with Crippen LogP contribution in [0.3, 0.4) is 0 Å². The third-order valence-corrected chi connectivity index (χ3v) is 2.82. The second-order valence-corrected chi connectivity index (χ2v) is 4.27. The lowest BCUT2D eigenvalue weighted by Gasteiger charge is -2.22. The Morgan fingerprint density at radius 3 is 2.88 bits per heavy atom. The van der Waals surface area contributed by atoms with Crippen LogP contribution in [0.5, 0.6) is 0 Å². The first-order valence-corrected chi connectivity index (χ1v) is 6.42. The van der Waals surface area contributed by atoms with Crippen molar-refractivity contribution in [2.45, 2.75) is 45.1 Å². The van der Waals surface area contributed by atoms with Gasteiger partial charge in [-0.2, -0.15) is 0 Å². The van der Waals surface area contributed by atoms with Crippen molar-refractivity contribution in [3.63, 3.8) is 0 Å². The minimum absolute atomic E-state index is 0.113. The number of hydrogen-bond donors (Lipinski definition) is 2. The molecule has 94 valence electrons. The van der Waals surface area contributed by atoms with E-state index in [1.54, 1.807) is 0 Å². The van der Waals surface area contributed by atoms with Crippen LogP contribution in [0.4, 0.5) is 0 Å². The van der Waals surface area contributed by atoms with Crippen molar-refractivity contribution in [2.75, 3.05) is 26.2 Å². The Morgan fingerprint density at radius 2 is 2.19 bits per heavy atom. The molecule has 1 aliphatic heterocycles. The number of hydrogen-bond acceptors (Lipinski definition) is 3. The maximum atomic E-state index is 11.4. The summed E-state index contributed by atoms with van der Waals surface area (Å²) in [5, 5.41) is 6.18. The highest BCUT2D eigenvalue weighted by molar-refractivity contribution is 5.75. The van der Waals surface area contributed by atoms with Crippen molar-refractivity contribution < 1.29 is 9.53 Å². The van der Waals surface area contributed by atoms with E-state index in [1.165, 1.54) is 0 Å². The molecule has 1 saturated heterocycles. The van der Waals surface area contributed by atoms with E-state index in [2.05, 4.69) is 17.6 Å². The van der Waals surface area contributed by atoms with Crippen LogP contribution in [-0.4, -0.2) is 38.3 Å². The van der Waals surface area contributed by atoms with Crippen molar-refractivity contribution in [3.8, 4) is 0 Å². The topological polar surface area (TPSA) is 50.4 Å². The van der Waals surface area contributed by atoms with Crippen molar-refractivity contribution >= 4 is 5.91 Å². The van der Waals surface area contributed by atoms with Crippen molar-refractivity contribution in [3.05, 3.63) is 0 Å². The summed E-state index contributed by atoms with van der Waals surface area (Å²) in [6.45, 7) is 5.54. The first-order valence-electron chi connectivity index (χ1n) is 6.42. The van der Waals surface area contributed by atoms with Gasteiger partial charge in [0.1, 0.15) is 0 Å². The number of nitrogens with one attached hydrogen (secondary N) is 2. The van der Waals surface area contributed by atoms with E-state index in [-0.39, 0.29) is 5.91 Å². The van der Waals surface area contributed by atoms with Gasteiger partial charge < -0.3 is 15.4 Å². The fourth-order valence-electron chi connectivity index (χ4n) is 1.77. The summed E-state index contributed by atoms with van der Waals surface area (Å²) < 4.78 is 5.66. The van der Waals surface area contributed by atoms with Crippen molar-refractivity contribution in [1.29, 1.82) is 0 Å². The monoisotopic (exact) mass is 228 g/mol. The van der Waals surface area contributed by atoms with Gasteiger partial charge >= 0.3 is 0 Å². The Kier molecular flexibility index (Phi) is 7.17. The molecule has 4 nitrogen and oxygen atoms in total. The number of carbonyl (C=O) groups is 1. The molecule has 1 fully saturated rings. The number of amides is 1. The molecule has 0 aromatic carbocycles. The highest BCUT2D eigenvalue weighted by Gasteiger charge is 2.13. The molecule has 0 aromatic heterocycles. The van der Waals surface area contributed by atoms with Crippen LogP contribution < -0.4 is 10.6 Å². The summed E-state index contributed by atoms with van der Waals surface area (Å²) in [6.07, 6.45) is 5.15. The van der Waals surface area contributed by atoms with Gasteiger partial charge in [-0.1, -0.05) is 13.3 Å². The van der Waals surface area contributed by atoms with Crippen LogP contribution in [0.25, 0.3) is 0 Å². The summed E-state index contributed by atoms with van der Waals surface area (Å²) in [4.78, 5) is 11.4.